The van der Waals surface area contributed by atoms with Gasteiger partial charge in [0.15, 0.2) is 0 Å². The molecule has 1 aliphatic carbocycles. The minimum Gasteiger partial charge on any atom is -0.459 e. The fraction of sp³-hybridized carbons (Fsp3) is 0.538. The van der Waals surface area contributed by atoms with E-state index in [1.54, 1.807) is 6.20 Å². The van der Waals surface area contributed by atoms with Crippen molar-refractivity contribution in [1.82, 2.24) is 4.98 Å². The van der Waals surface area contributed by atoms with Crippen LogP contribution in [0, 0.1) is 0 Å². The molecule has 1 heterocycles. The van der Waals surface area contributed by atoms with Gasteiger partial charge in [0.05, 0.1) is 9.89 Å². The molecule has 5 heteroatoms. The minimum atomic E-state index is -0.483. The normalized spacial score (nSPS) is 17.4. The van der Waals surface area contributed by atoms with Crippen molar-refractivity contribution in [2.45, 2.75) is 44.6 Å². The molecule has 1 aliphatic rings. The summed E-state index contributed by atoms with van der Waals surface area (Å²) >= 11 is 6.74. The van der Waals surface area contributed by atoms with Crippen molar-refractivity contribution in [3.8, 4) is 0 Å². The third-order valence-electron chi connectivity index (χ3n) is 2.89. The first kappa shape index (κ1) is 14.0. The predicted octanol–water partition coefficient (Wildman–Crippen LogP) is 3.98. The molecular formula is C13H15Br2NO2. The number of nitrogens with zero attached hydrogens (tertiary/aromatic N) is 1. The Morgan fingerprint density at radius 2 is 2.00 bits per heavy atom. The number of rotatable bonds is 2. The SMILES string of the molecule is CC(C)(C)OC(=O)C1(c2cnc(Br)c(Br)c2)CC1. The highest BCUT2D eigenvalue weighted by Gasteiger charge is 2.54. The molecule has 0 saturated heterocycles. The number of ether oxygens (including phenoxy) is 1. The molecule has 3 nitrogen and oxygen atoms in total. The van der Waals surface area contributed by atoms with Gasteiger partial charge in [-0.25, -0.2) is 4.98 Å². The molecule has 0 spiro atoms. The maximum atomic E-state index is 12.3. The van der Waals surface area contributed by atoms with E-state index >= 15 is 0 Å². The van der Waals surface area contributed by atoms with Gasteiger partial charge in [-0.3, -0.25) is 4.79 Å². The number of pyridine rings is 1. The maximum Gasteiger partial charge on any atom is 0.317 e. The highest BCUT2D eigenvalue weighted by molar-refractivity contribution is 9.13. The molecule has 0 atom stereocenters. The number of carbonyl (C=O) groups is 1. The van der Waals surface area contributed by atoms with E-state index in [9.17, 15) is 4.79 Å². The Morgan fingerprint density at radius 3 is 2.44 bits per heavy atom. The van der Waals surface area contributed by atoms with Gasteiger partial charge in [-0.1, -0.05) is 0 Å². The summed E-state index contributed by atoms with van der Waals surface area (Å²) in [6, 6.07) is 1.94. The van der Waals surface area contributed by atoms with E-state index in [0.717, 1.165) is 27.5 Å². The highest BCUT2D eigenvalue weighted by atomic mass is 79.9. The Balaban J connectivity index is 2.26. The lowest BCUT2D eigenvalue weighted by Crippen LogP contribution is -2.32. The Kier molecular flexibility index (Phi) is 3.58. The van der Waals surface area contributed by atoms with Crippen LogP contribution in [0.25, 0.3) is 0 Å². The highest BCUT2D eigenvalue weighted by Crippen LogP contribution is 2.50. The molecule has 0 amide bonds. The van der Waals surface area contributed by atoms with Crippen LogP contribution in [-0.2, 0) is 14.9 Å². The van der Waals surface area contributed by atoms with Crippen LogP contribution in [0.1, 0.15) is 39.2 Å². The van der Waals surface area contributed by atoms with Gasteiger partial charge in [0.2, 0.25) is 0 Å². The topological polar surface area (TPSA) is 39.2 Å². The zero-order valence-electron chi connectivity index (χ0n) is 10.6. The van der Waals surface area contributed by atoms with Crippen molar-refractivity contribution >= 4 is 37.8 Å². The first-order chi connectivity index (χ1) is 8.24. The van der Waals surface area contributed by atoms with Crippen molar-refractivity contribution in [3.05, 3.63) is 26.9 Å². The Labute approximate surface area is 124 Å². The molecule has 0 aromatic carbocycles. The number of aromatic nitrogens is 1. The van der Waals surface area contributed by atoms with Gasteiger partial charge in [-0.2, -0.15) is 0 Å². The van der Waals surface area contributed by atoms with Crippen LogP contribution in [0.4, 0.5) is 0 Å². The summed E-state index contributed by atoms with van der Waals surface area (Å²) in [5.41, 5.74) is -0.0113. The third-order valence-corrected chi connectivity index (χ3v) is 4.66. The number of hydrogen-bond donors (Lipinski definition) is 0. The summed E-state index contributed by atoms with van der Waals surface area (Å²) in [4.78, 5) is 16.5. The van der Waals surface area contributed by atoms with Crippen LogP contribution in [0.3, 0.4) is 0 Å². The number of esters is 1. The van der Waals surface area contributed by atoms with E-state index in [4.69, 9.17) is 4.74 Å². The molecule has 98 valence electrons. The van der Waals surface area contributed by atoms with Gasteiger partial charge in [0.25, 0.3) is 0 Å². The van der Waals surface area contributed by atoms with Crippen LogP contribution in [-0.4, -0.2) is 16.6 Å². The molecule has 1 fully saturated rings. The van der Waals surface area contributed by atoms with Crippen molar-refractivity contribution in [2.24, 2.45) is 0 Å². The van der Waals surface area contributed by atoms with Gasteiger partial charge in [-0.15, -0.1) is 0 Å². The van der Waals surface area contributed by atoms with Gasteiger partial charge in [0.1, 0.15) is 10.2 Å². The lowest BCUT2D eigenvalue weighted by molar-refractivity contribution is -0.158. The molecular weight excluding hydrogens is 362 g/mol. The molecule has 18 heavy (non-hydrogen) atoms. The Hall–Kier alpha value is -0.420. The average molecular weight is 377 g/mol. The fourth-order valence-corrected chi connectivity index (χ4v) is 2.36. The first-order valence-electron chi connectivity index (χ1n) is 5.80. The quantitative estimate of drug-likeness (QED) is 0.578. The van der Waals surface area contributed by atoms with E-state index in [-0.39, 0.29) is 5.97 Å². The van der Waals surface area contributed by atoms with Crippen LogP contribution < -0.4 is 0 Å². The smallest absolute Gasteiger partial charge is 0.317 e. The van der Waals surface area contributed by atoms with Gasteiger partial charge < -0.3 is 4.74 Å². The number of carbonyl (C=O) groups excluding carboxylic acids is 1. The summed E-state index contributed by atoms with van der Waals surface area (Å²) in [6.45, 7) is 5.66. The van der Waals surface area contributed by atoms with Crippen molar-refractivity contribution < 1.29 is 9.53 Å². The van der Waals surface area contributed by atoms with E-state index in [0.29, 0.717) is 0 Å². The van der Waals surface area contributed by atoms with Crippen molar-refractivity contribution in [3.63, 3.8) is 0 Å². The molecule has 2 rings (SSSR count). The van der Waals surface area contributed by atoms with E-state index < -0.39 is 11.0 Å². The zero-order valence-corrected chi connectivity index (χ0v) is 13.8. The van der Waals surface area contributed by atoms with Gasteiger partial charge in [0, 0.05) is 6.20 Å². The number of halogens is 2. The lowest BCUT2D eigenvalue weighted by atomic mass is 9.97. The molecule has 0 N–H and O–H groups in total. The van der Waals surface area contributed by atoms with Gasteiger partial charge in [-0.05, 0) is 77.1 Å². The average Bonchev–Trinajstić information content (AvgIpc) is 3.00. The standard InChI is InChI=1S/C13H15Br2NO2/c1-12(2,3)18-11(17)13(4-5-13)8-6-9(14)10(15)16-7-8/h6-7H,4-5H2,1-3H3. The molecule has 0 aliphatic heterocycles. The third kappa shape index (κ3) is 2.77. The summed E-state index contributed by atoms with van der Waals surface area (Å²) in [5.74, 6) is -0.147. The molecule has 0 radical (unpaired) electrons. The van der Waals surface area contributed by atoms with Crippen LogP contribution in [0.5, 0.6) is 0 Å². The monoisotopic (exact) mass is 375 g/mol. The first-order valence-corrected chi connectivity index (χ1v) is 7.38. The fourth-order valence-electron chi connectivity index (χ4n) is 1.79. The van der Waals surface area contributed by atoms with E-state index in [2.05, 4.69) is 36.8 Å². The molecule has 1 aromatic rings. The summed E-state index contributed by atoms with van der Waals surface area (Å²) < 4.78 is 7.09. The lowest BCUT2D eigenvalue weighted by Gasteiger charge is -2.24. The minimum absolute atomic E-state index is 0.147. The van der Waals surface area contributed by atoms with Crippen LogP contribution in [0.15, 0.2) is 21.3 Å². The Morgan fingerprint density at radius 1 is 1.39 bits per heavy atom. The zero-order chi connectivity index (χ0) is 13.6. The summed E-state index contributed by atoms with van der Waals surface area (Å²) in [5, 5.41) is 0. The maximum absolute atomic E-state index is 12.3. The molecule has 1 aromatic heterocycles. The van der Waals surface area contributed by atoms with Crippen LogP contribution in [0.2, 0.25) is 0 Å². The molecule has 0 bridgehead atoms. The van der Waals surface area contributed by atoms with Crippen LogP contribution >= 0.6 is 31.9 Å². The van der Waals surface area contributed by atoms with Crippen molar-refractivity contribution in [2.75, 3.05) is 0 Å². The molecule has 1 saturated carbocycles. The second kappa shape index (κ2) is 4.60. The Bertz CT molecular complexity index is 490. The van der Waals surface area contributed by atoms with E-state index in [1.807, 2.05) is 26.8 Å². The van der Waals surface area contributed by atoms with E-state index in [1.165, 1.54) is 0 Å². The summed E-state index contributed by atoms with van der Waals surface area (Å²) in [6.07, 6.45) is 3.40. The largest absolute Gasteiger partial charge is 0.459 e. The predicted molar refractivity (Wildman–Crippen MR) is 76.4 cm³/mol. The molecule has 0 unspecified atom stereocenters. The van der Waals surface area contributed by atoms with Gasteiger partial charge >= 0.3 is 5.97 Å². The second-order valence-corrected chi connectivity index (χ2v) is 7.19. The van der Waals surface area contributed by atoms with Crippen molar-refractivity contribution in [1.29, 1.82) is 0 Å². The second-order valence-electron chi connectivity index (χ2n) is 5.58. The number of hydrogen-bond acceptors (Lipinski definition) is 3. The summed E-state index contributed by atoms with van der Waals surface area (Å²) in [7, 11) is 0.